The lowest BCUT2D eigenvalue weighted by atomic mass is 10.1. The van der Waals surface area contributed by atoms with E-state index in [9.17, 15) is 4.79 Å². The molecule has 146 valence electrons. The maximum absolute atomic E-state index is 10.8. The number of aliphatic hydroxyl groups is 2. The number of anilines is 2. The van der Waals surface area contributed by atoms with Crippen LogP contribution in [0.4, 0.5) is 11.4 Å². The number of hydrogen-bond donors (Lipinski definition) is 5. The van der Waals surface area contributed by atoms with Crippen molar-refractivity contribution in [3.8, 4) is 0 Å². The molecule has 0 aliphatic carbocycles. The van der Waals surface area contributed by atoms with E-state index in [4.69, 9.17) is 38.5 Å². The summed E-state index contributed by atoms with van der Waals surface area (Å²) in [5, 5.41) is 28.1. The normalized spacial score (nSPS) is 8.85. The monoisotopic (exact) mass is 404 g/mol. The highest BCUT2D eigenvalue weighted by atomic mass is 35.5. The first-order valence-electron chi connectivity index (χ1n) is 7.63. The van der Waals surface area contributed by atoms with Gasteiger partial charge in [-0.25, -0.2) is 0 Å². The summed E-state index contributed by atoms with van der Waals surface area (Å²) in [4.78, 5) is 10.8. The van der Waals surface area contributed by atoms with E-state index in [1.165, 1.54) is 0 Å². The number of carboxylic acid groups (broad SMARTS) is 1. The third-order valence-corrected chi connectivity index (χ3v) is 3.21. The van der Waals surface area contributed by atoms with Gasteiger partial charge in [0.15, 0.2) is 0 Å². The molecule has 2 aromatic rings. The van der Waals surface area contributed by atoms with E-state index in [0.29, 0.717) is 27.0 Å². The van der Waals surface area contributed by atoms with Gasteiger partial charge in [0.1, 0.15) is 0 Å². The molecular formula is C18H26Cl2N2O4. The second-order valence-corrected chi connectivity index (χ2v) is 5.40. The van der Waals surface area contributed by atoms with Crippen LogP contribution in [0, 0.1) is 0 Å². The molecular weight excluding hydrogens is 379 g/mol. The Labute approximate surface area is 164 Å². The number of aliphatic carboxylic acids is 1. The largest absolute Gasteiger partial charge is 0.481 e. The molecule has 0 aliphatic heterocycles. The molecule has 0 atom stereocenters. The zero-order valence-corrected chi connectivity index (χ0v) is 16.4. The summed E-state index contributed by atoms with van der Waals surface area (Å²) in [6, 6.07) is 12.3. The molecule has 0 heterocycles. The van der Waals surface area contributed by atoms with Gasteiger partial charge < -0.3 is 26.8 Å². The number of rotatable bonds is 4. The van der Waals surface area contributed by atoms with Crippen LogP contribution in [0.25, 0.3) is 0 Å². The minimum absolute atomic E-state index is 0. The molecule has 8 heteroatoms. The van der Waals surface area contributed by atoms with Crippen LogP contribution in [0.5, 0.6) is 0 Å². The fourth-order valence-corrected chi connectivity index (χ4v) is 2.20. The maximum atomic E-state index is 10.8. The topological polar surface area (TPSA) is 125 Å². The number of nitrogens with one attached hydrogen (secondary N) is 1. The van der Waals surface area contributed by atoms with Gasteiger partial charge in [0.05, 0.1) is 22.2 Å². The second kappa shape index (κ2) is 15.4. The number of para-hydroxylation sites is 2. The highest BCUT2D eigenvalue weighted by Gasteiger charge is 2.10. The Kier molecular flexibility index (Phi) is 15.7. The van der Waals surface area contributed by atoms with Crippen molar-refractivity contribution in [1.82, 2.24) is 6.15 Å². The van der Waals surface area contributed by atoms with Gasteiger partial charge in [-0.15, -0.1) is 0 Å². The van der Waals surface area contributed by atoms with Gasteiger partial charge in [0, 0.05) is 18.9 Å². The summed E-state index contributed by atoms with van der Waals surface area (Å²) in [6.45, 7) is 3.86. The average molecular weight is 405 g/mol. The van der Waals surface area contributed by atoms with E-state index in [1.54, 1.807) is 50.2 Å². The molecule has 2 rings (SSSR count). The van der Waals surface area contributed by atoms with Gasteiger partial charge in [0.2, 0.25) is 0 Å². The standard InChI is InChI=1S/C14H11Cl2NO2.2C2H6O.H3N/c15-10-5-3-6-11(16)14(10)17-12-7-2-1-4-9(12)8-13(18)19;2*1-2-3;/h1-7,17H,8H2,(H,18,19);2*3H,2H2,1H3;1H3. The minimum atomic E-state index is -0.889. The number of aliphatic hydroxyl groups excluding tert-OH is 2. The highest BCUT2D eigenvalue weighted by Crippen LogP contribution is 2.33. The summed E-state index contributed by atoms with van der Waals surface area (Å²) in [5.74, 6) is -0.889. The van der Waals surface area contributed by atoms with Crippen molar-refractivity contribution in [2.24, 2.45) is 0 Å². The molecule has 0 amide bonds. The van der Waals surface area contributed by atoms with E-state index in [1.807, 2.05) is 6.07 Å². The lowest BCUT2D eigenvalue weighted by molar-refractivity contribution is -0.136. The molecule has 0 saturated carbocycles. The predicted octanol–water partition coefficient (Wildman–Crippen LogP) is 4.52. The molecule has 0 fully saturated rings. The first-order valence-corrected chi connectivity index (χ1v) is 8.39. The van der Waals surface area contributed by atoms with Crippen LogP contribution in [-0.2, 0) is 11.2 Å². The smallest absolute Gasteiger partial charge is 0.307 e. The Hall–Kier alpha value is -1.83. The zero-order chi connectivity index (χ0) is 19.2. The maximum Gasteiger partial charge on any atom is 0.307 e. The van der Waals surface area contributed by atoms with Gasteiger partial charge >= 0.3 is 5.97 Å². The molecule has 2 aromatic carbocycles. The summed E-state index contributed by atoms with van der Waals surface area (Å²) in [6.07, 6.45) is -0.0642. The van der Waals surface area contributed by atoms with Gasteiger partial charge in [-0.3, -0.25) is 4.79 Å². The van der Waals surface area contributed by atoms with Crippen molar-refractivity contribution in [3.63, 3.8) is 0 Å². The second-order valence-electron chi connectivity index (χ2n) is 4.58. The van der Waals surface area contributed by atoms with Crippen molar-refractivity contribution in [1.29, 1.82) is 0 Å². The summed E-state index contributed by atoms with van der Waals surface area (Å²) in [7, 11) is 0. The number of hydrogen-bond acceptors (Lipinski definition) is 5. The Balaban J connectivity index is 0. The van der Waals surface area contributed by atoms with E-state index < -0.39 is 5.97 Å². The van der Waals surface area contributed by atoms with Crippen LogP contribution in [0.1, 0.15) is 19.4 Å². The lowest BCUT2D eigenvalue weighted by Crippen LogP contribution is -2.04. The van der Waals surface area contributed by atoms with Crippen LogP contribution < -0.4 is 11.5 Å². The van der Waals surface area contributed by atoms with Crippen LogP contribution in [0.2, 0.25) is 10.0 Å². The Morgan fingerprint density at radius 1 is 0.962 bits per heavy atom. The van der Waals surface area contributed by atoms with Gasteiger partial charge in [0.25, 0.3) is 0 Å². The fraction of sp³-hybridized carbons (Fsp3) is 0.278. The fourth-order valence-electron chi connectivity index (χ4n) is 1.71. The molecule has 0 spiro atoms. The Bertz CT molecular complexity index is 633. The highest BCUT2D eigenvalue weighted by molar-refractivity contribution is 6.39. The first kappa shape index (κ1) is 26.4. The number of carbonyl (C=O) groups is 1. The van der Waals surface area contributed by atoms with Gasteiger partial charge in [-0.05, 0) is 37.6 Å². The SMILES string of the molecule is CCO.CCO.N.O=C(O)Cc1ccccc1Nc1c(Cl)cccc1Cl. The minimum Gasteiger partial charge on any atom is -0.481 e. The molecule has 0 unspecified atom stereocenters. The zero-order valence-electron chi connectivity index (χ0n) is 14.9. The molecule has 0 bridgehead atoms. The Morgan fingerprint density at radius 3 is 1.88 bits per heavy atom. The summed E-state index contributed by atoms with van der Waals surface area (Å²) < 4.78 is 0. The van der Waals surface area contributed by atoms with E-state index in [2.05, 4.69) is 5.32 Å². The van der Waals surface area contributed by atoms with Crippen LogP contribution >= 0.6 is 23.2 Å². The quantitative estimate of drug-likeness (QED) is 0.509. The third kappa shape index (κ3) is 10.2. The number of carboxylic acids is 1. The first-order chi connectivity index (χ1) is 11.9. The van der Waals surface area contributed by atoms with Crippen molar-refractivity contribution in [2.45, 2.75) is 20.3 Å². The molecule has 0 radical (unpaired) electrons. The van der Waals surface area contributed by atoms with Crippen LogP contribution in [0.3, 0.4) is 0 Å². The third-order valence-electron chi connectivity index (χ3n) is 2.58. The number of halogens is 2. The van der Waals surface area contributed by atoms with Crippen LogP contribution in [0.15, 0.2) is 42.5 Å². The van der Waals surface area contributed by atoms with Crippen molar-refractivity contribution in [3.05, 3.63) is 58.1 Å². The van der Waals surface area contributed by atoms with E-state index in [-0.39, 0.29) is 25.8 Å². The molecule has 0 saturated heterocycles. The number of benzene rings is 2. The average Bonchev–Trinajstić information content (AvgIpc) is 2.53. The van der Waals surface area contributed by atoms with Crippen LogP contribution in [-0.4, -0.2) is 34.5 Å². The molecule has 0 aromatic heterocycles. The van der Waals surface area contributed by atoms with Crippen molar-refractivity contribution < 1.29 is 20.1 Å². The van der Waals surface area contributed by atoms with Gasteiger partial charge in [-0.2, -0.15) is 0 Å². The van der Waals surface area contributed by atoms with E-state index in [0.717, 1.165) is 0 Å². The van der Waals surface area contributed by atoms with Gasteiger partial charge in [-0.1, -0.05) is 47.5 Å². The molecule has 26 heavy (non-hydrogen) atoms. The van der Waals surface area contributed by atoms with E-state index >= 15 is 0 Å². The lowest BCUT2D eigenvalue weighted by Gasteiger charge is -2.13. The predicted molar refractivity (Wildman–Crippen MR) is 108 cm³/mol. The molecule has 6 nitrogen and oxygen atoms in total. The molecule has 7 N–H and O–H groups in total. The van der Waals surface area contributed by atoms with Crippen molar-refractivity contribution >= 4 is 40.5 Å². The Morgan fingerprint density at radius 2 is 1.42 bits per heavy atom. The summed E-state index contributed by atoms with van der Waals surface area (Å²) >= 11 is 12.1. The molecule has 0 aliphatic rings. The summed E-state index contributed by atoms with van der Waals surface area (Å²) in [5.41, 5.74) is 1.93. The van der Waals surface area contributed by atoms with Crippen molar-refractivity contribution in [2.75, 3.05) is 18.5 Å².